The molecule has 1 aromatic heterocycles. The molecule has 0 bridgehead atoms. The summed E-state index contributed by atoms with van der Waals surface area (Å²) in [6.07, 6.45) is -0.616. The number of aryl methyl sites for hydroxylation is 1. The number of halogens is 3. The minimum absolute atomic E-state index is 0.0368. The van der Waals surface area contributed by atoms with Crippen LogP contribution in [0.3, 0.4) is 0 Å². The molecule has 1 fully saturated rings. The van der Waals surface area contributed by atoms with E-state index in [2.05, 4.69) is 16.8 Å². The molecule has 3 aromatic rings. The molecule has 0 radical (unpaired) electrons. The summed E-state index contributed by atoms with van der Waals surface area (Å²) in [6.45, 7) is 5.57. The maximum atomic E-state index is 14.6. The van der Waals surface area contributed by atoms with E-state index in [-0.39, 0.29) is 34.4 Å². The number of aromatic nitrogens is 1. The van der Waals surface area contributed by atoms with Crippen molar-refractivity contribution in [2.45, 2.75) is 102 Å². The first-order valence-corrected chi connectivity index (χ1v) is 16.4. The van der Waals surface area contributed by atoms with Crippen molar-refractivity contribution in [3.05, 3.63) is 64.8 Å². The summed E-state index contributed by atoms with van der Waals surface area (Å²) in [5.41, 5.74) is 1.64. The minimum atomic E-state index is -4.22. The Morgan fingerprint density at radius 3 is 2.45 bits per heavy atom. The summed E-state index contributed by atoms with van der Waals surface area (Å²) in [7, 11) is -4.22. The average molecular weight is 631 g/mol. The maximum Gasteiger partial charge on any atom is 0.269 e. The van der Waals surface area contributed by atoms with Gasteiger partial charge in [-0.25, -0.2) is 26.3 Å². The monoisotopic (exact) mass is 630 g/mol. The minimum Gasteiger partial charge on any atom is -0.337 e. The number of carbonyl (C=O) groups is 1. The highest BCUT2D eigenvalue weighted by molar-refractivity contribution is 7.92. The third-order valence-electron chi connectivity index (χ3n) is 8.53. The highest BCUT2D eigenvalue weighted by atomic mass is 32.2. The van der Waals surface area contributed by atoms with Gasteiger partial charge in [-0.1, -0.05) is 67.7 Å². The molecule has 1 spiro atoms. The Morgan fingerprint density at radius 1 is 1.07 bits per heavy atom. The van der Waals surface area contributed by atoms with Crippen LogP contribution in [0.2, 0.25) is 0 Å². The lowest BCUT2D eigenvalue weighted by Gasteiger charge is -2.23. The third-order valence-corrected chi connectivity index (χ3v) is 9.92. The number of sulfonamides is 1. The van der Waals surface area contributed by atoms with Gasteiger partial charge < -0.3 is 4.52 Å². The normalized spacial score (nSPS) is 17.1. The second-order valence-electron chi connectivity index (χ2n) is 11.6. The fourth-order valence-electron chi connectivity index (χ4n) is 5.97. The first-order chi connectivity index (χ1) is 21.0. The number of hydrogen-bond acceptors (Lipinski definition) is 6. The van der Waals surface area contributed by atoms with Gasteiger partial charge in [-0.15, -0.1) is 0 Å². The van der Waals surface area contributed by atoms with Crippen molar-refractivity contribution in [2.24, 2.45) is 4.99 Å². The van der Waals surface area contributed by atoms with E-state index in [1.165, 1.54) is 12.1 Å². The lowest BCUT2D eigenvalue weighted by molar-refractivity contribution is -0.131. The smallest absolute Gasteiger partial charge is 0.269 e. The predicted molar refractivity (Wildman–Crippen MR) is 162 cm³/mol. The molecular formula is C32H37F3N4O4S. The first kappa shape index (κ1) is 31.7. The Kier molecular flexibility index (Phi) is 9.20. The number of amides is 1. The molecule has 2 aromatic carbocycles. The van der Waals surface area contributed by atoms with Crippen LogP contribution in [0.5, 0.6) is 0 Å². The van der Waals surface area contributed by atoms with Gasteiger partial charge in [0.05, 0.1) is 17.1 Å². The molecular weight excluding hydrogens is 593 g/mol. The number of aliphatic imine (C=N–C) groups is 1. The molecule has 1 atom stereocenters. The zero-order valence-corrected chi connectivity index (χ0v) is 25.9. The summed E-state index contributed by atoms with van der Waals surface area (Å²) < 4.78 is 76.1. The lowest BCUT2D eigenvalue weighted by Crippen LogP contribution is -2.40. The summed E-state index contributed by atoms with van der Waals surface area (Å²) in [5, 5.41) is 3.79. The largest absolute Gasteiger partial charge is 0.337 e. The molecule has 0 saturated heterocycles. The van der Waals surface area contributed by atoms with Crippen molar-refractivity contribution in [3.8, 4) is 11.1 Å². The average Bonchev–Trinajstić information content (AvgIpc) is 3.67. The zero-order chi connectivity index (χ0) is 31.6. The van der Waals surface area contributed by atoms with Crippen molar-refractivity contribution >= 4 is 27.7 Å². The van der Waals surface area contributed by atoms with Crippen molar-refractivity contribution in [2.75, 3.05) is 4.72 Å². The van der Waals surface area contributed by atoms with E-state index in [0.29, 0.717) is 41.6 Å². The second kappa shape index (κ2) is 12.7. The van der Waals surface area contributed by atoms with Crippen molar-refractivity contribution in [1.82, 2.24) is 10.1 Å². The van der Waals surface area contributed by atoms with Gasteiger partial charge >= 0.3 is 0 Å². The van der Waals surface area contributed by atoms with Gasteiger partial charge in [0.25, 0.3) is 22.4 Å². The molecule has 12 heteroatoms. The van der Waals surface area contributed by atoms with Gasteiger partial charge in [0.2, 0.25) is 5.88 Å². The lowest BCUT2D eigenvalue weighted by atomic mass is 9.93. The Hall–Kier alpha value is -3.67. The van der Waals surface area contributed by atoms with Crippen molar-refractivity contribution in [1.29, 1.82) is 0 Å². The second-order valence-corrected chi connectivity index (χ2v) is 13.3. The van der Waals surface area contributed by atoms with Crippen LogP contribution in [0.1, 0.15) is 74.3 Å². The van der Waals surface area contributed by atoms with E-state index >= 15 is 0 Å². The third kappa shape index (κ3) is 6.27. The van der Waals surface area contributed by atoms with Gasteiger partial charge in [0, 0.05) is 24.0 Å². The number of hydrogen-bond donors (Lipinski definition) is 1. The van der Waals surface area contributed by atoms with Gasteiger partial charge in [0.15, 0.2) is 6.17 Å². The highest BCUT2D eigenvalue weighted by Gasteiger charge is 2.49. The molecule has 8 nitrogen and oxygen atoms in total. The molecule has 1 aliphatic heterocycles. The number of nitrogens with one attached hydrogen (secondary N) is 1. The van der Waals surface area contributed by atoms with E-state index in [0.717, 1.165) is 31.5 Å². The molecule has 44 heavy (non-hydrogen) atoms. The van der Waals surface area contributed by atoms with E-state index in [1.807, 2.05) is 0 Å². The van der Waals surface area contributed by atoms with Crippen LogP contribution in [0.4, 0.5) is 19.1 Å². The molecule has 1 unspecified atom stereocenters. The summed E-state index contributed by atoms with van der Waals surface area (Å²) >= 11 is 0. The topological polar surface area (TPSA) is 105 Å². The maximum absolute atomic E-state index is 14.6. The van der Waals surface area contributed by atoms with E-state index < -0.39 is 34.6 Å². The summed E-state index contributed by atoms with van der Waals surface area (Å²) in [4.78, 5) is 20.1. The molecule has 1 aliphatic carbocycles. The van der Waals surface area contributed by atoms with Crippen LogP contribution in [-0.2, 0) is 27.8 Å². The van der Waals surface area contributed by atoms with E-state index in [4.69, 9.17) is 9.52 Å². The Bertz CT molecular complexity index is 1670. The van der Waals surface area contributed by atoms with Crippen LogP contribution >= 0.6 is 0 Å². The fraction of sp³-hybridized carbons (Fsp3) is 0.469. The number of anilines is 1. The van der Waals surface area contributed by atoms with Crippen LogP contribution in [0.15, 0.2) is 56.9 Å². The molecule has 2 heterocycles. The van der Waals surface area contributed by atoms with Crippen LogP contribution in [-0.4, -0.2) is 48.4 Å². The number of benzene rings is 2. The molecule has 5 rings (SSSR count). The number of unbranched alkanes of at least 4 members (excludes halogenated alkanes) is 1. The van der Waals surface area contributed by atoms with Crippen molar-refractivity contribution < 1.29 is 30.9 Å². The summed E-state index contributed by atoms with van der Waals surface area (Å²) in [6, 6.07) is 11.0. The Morgan fingerprint density at radius 2 is 1.80 bits per heavy atom. The number of nitrogens with zero attached hydrogens (tertiary/aromatic N) is 3. The van der Waals surface area contributed by atoms with Gasteiger partial charge in [-0.3, -0.25) is 14.7 Å². The highest BCUT2D eigenvalue weighted by Crippen LogP contribution is 2.41. The van der Waals surface area contributed by atoms with Gasteiger partial charge in [-0.05, 0) is 55.9 Å². The SMILES string of the molecule is CCCCC1=NC2(CCCC2)C(=O)N1Cc1ccc(-c2ccccc2S(=O)(=O)Nc2onc(C)c2C)c(CC(F)C(F)F)c1. The Balaban J connectivity index is 1.52. The molecule has 1 N–H and O–H groups in total. The van der Waals surface area contributed by atoms with Gasteiger partial charge in [0.1, 0.15) is 11.4 Å². The standard InChI is InChI=1S/C32H37F3N4O4S/c1-4-5-12-28-36-32(15-8-9-16-32)31(40)39(28)19-22-13-14-24(23(17-22)18-26(33)29(34)35)25-10-6-7-11-27(25)44(41,42)38-30-20(2)21(3)37-43-30/h6-7,10-11,13-14,17,26,29,38H,4-5,8-9,12,15-16,18-19H2,1-3H3. The van der Waals surface area contributed by atoms with Gasteiger partial charge in [-0.2, -0.15) is 0 Å². The van der Waals surface area contributed by atoms with Crippen LogP contribution in [0, 0.1) is 13.8 Å². The molecule has 1 amide bonds. The number of carbonyl (C=O) groups excluding carboxylic acids is 1. The molecule has 236 valence electrons. The van der Waals surface area contributed by atoms with Crippen molar-refractivity contribution in [3.63, 3.8) is 0 Å². The van der Waals surface area contributed by atoms with Crippen LogP contribution < -0.4 is 4.72 Å². The first-order valence-electron chi connectivity index (χ1n) is 15.0. The number of rotatable bonds is 12. The number of alkyl halides is 3. The quantitative estimate of drug-likeness (QED) is 0.229. The van der Waals surface area contributed by atoms with Crippen LogP contribution in [0.25, 0.3) is 11.1 Å². The summed E-state index contributed by atoms with van der Waals surface area (Å²) in [5.74, 6) is 0.633. The molecule has 2 aliphatic rings. The Labute approximate surface area is 255 Å². The number of amidine groups is 1. The van der Waals surface area contributed by atoms with E-state index in [1.54, 1.807) is 49.1 Å². The van der Waals surface area contributed by atoms with E-state index in [9.17, 15) is 26.4 Å². The fourth-order valence-corrected chi connectivity index (χ4v) is 7.24. The zero-order valence-electron chi connectivity index (χ0n) is 25.1. The molecule has 1 saturated carbocycles. The predicted octanol–water partition coefficient (Wildman–Crippen LogP) is 7.15.